The quantitative estimate of drug-likeness (QED) is 0.613. The maximum absolute atomic E-state index is 12.7. The van der Waals surface area contributed by atoms with Crippen molar-refractivity contribution < 1.29 is 14.3 Å². The molecule has 3 heterocycles. The number of tetrazole rings is 1. The van der Waals surface area contributed by atoms with Gasteiger partial charge in [0.25, 0.3) is 5.91 Å². The molecule has 4 rings (SSSR count). The Bertz CT molecular complexity index is 1050. The molecule has 2 aromatic heterocycles. The monoisotopic (exact) mass is 423 g/mol. The SMILES string of the molecule is COc1cccc(CNC(=O)c2cc(-c3nnn(C[C@H]4CCCCO4)n3)nc(C)n2)c1. The van der Waals surface area contributed by atoms with Gasteiger partial charge in [-0.05, 0) is 55.2 Å². The van der Waals surface area contributed by atoms with Gasteiger partial charge in [-0.3, -0.25) is 4.79 Å². The van der Waals surface area contributed by atoms with Crippen molar-refractivity contribution in [1.29, 1.82) is 0 Å². The highest BCUT2D eigenvalue weighted by molar-refractivity contribution is 5.93. The fourth-order valence-electron chi connectivity index (χ4n) is 3.41. The van der Waals surface area contributed by atoms with Gasteiger partial charge in [-0.25, -0.2) is 9.97 Å². The zero-order valence-corrected chi connectivity index (χ0v) is 17.6. The minimum absolute atomic E-state index is 0.0980. The van der Waals surface area contributed by atoms with Crippen molar-refractivity contribution in [1.82, 2.24) is 35.5 Å². The largest absolute Gasteiger partial charge is 0.497 e. The first-order valence-electron chi connectivity index (χ1n) is 10.3. The fourth-order valence-corrected chi connectivity index (χ4v) is 3.41. The number of aromatic nitrogens is 6. The first-order chi connectivity index (χ1) is 15.1. The van der Waals surface area contributed by atoms with Crippen LogP contribution in [0.3, 0.4) is 0 Å². The van der Waals surface area contributed by atoms with E-state index in [-0.39, 0.29) is 17.7 Å². The van der Waals surface area contributed by atoms with Crippen LogP contribution in [0.5, 0.6) is 5.75 Å². The van der Waals surface area contributed by atoms with Crippen LogP contribution in [-0.2, 0) is 17.8 Å². The van der Waals surface area contributed by atoms with E-state index < -0.39 is 0 Å². The molecule has 10 nitrogen and oxygen atoms in total. The predicted molar refractivity (Wildman–Crippen MR) is 111 cm³/mol. The van der Waals surface area contributed by atoms with E-state index in [1.165, 1.54) is 4.80 Å². The summed E-state index contributed by atoms with van der Waals surface area (Å²) in [5, 5.41) is 15.5. The summed E-state index contributed by atoms with van der Waals surface area (Å²) in [7, 11) is 1.61. The molecular formula is C21H25N7O3. The van der Waals surface area contributed by atoms with Gasteiger partial charge in [0.15, 0.2) is 0 Å². The topological polar surface area (TPSA) is 117 Å². The zero-order chi connectivity index (χ0) is 21.6. The van der Waals surface area contributed by atoms with Crippen molar-refractivity contribution in [3.05, 3.63) is 47.4 Å². The minimum Gasteiger partial charge on any atom is -0.497 e. The van der Waals surface area contributed by atoms with E-state index >= 15 is 0 Å². The summed E-state index contributed by atoms with van der Waals surface area (Å²) >= 11 is 0. The van der Waals surface area contributed by atoms with E-state index in [0.717, 1.165) is 37.2 Å². The summed E-state index contributed by atoms with van der Waals surface area (Å²) in [4.78, 5) is 22.8. The standard InChI is InChI=1S/C21H25N7O3/c1-14-23-18(20-25-27-28(26-20)13-17-7-3-4-9-31-17)11-19(24-14)21(29)22-12-15-6-5-8-16(10-15)30-2/h5-6,8,10-11,17H,3-4,7,9,12-13H2,1-2H3,(H,22,29)/t17-/m1/s1. The smallest absolute Gasteiger partial charge is 0.270 e. The summed E-state index contributed by atoms with van der Waals surface area (Å²) in [6.07, 6.45) is 3.32. The van der Waals surface area contributed by atoms with Gasteiger partial charge in [0, 0.05) is 13.2 Å². The molecular weight excluding hydrogens is 398 g/mol. The lowest BCUT2D eigenvalue weighted by Crippen LogP contribution is -2.25. The van der Waals surface area contributed by atoms with Crippen molar-refractivity contribution in [3.63, 3.8) is 0 Å². The number of carbonyl (C=O) groups excluding carboxylic acids is 1. The van der Waals surface area contributed by atoms with Crippen LogP contribution in [0.1, 0.15) is 41.1 Å². The number of carbonyl (C=O) groups is 1. The molecule has 1 amide bonds. The average Bonchev–Trinajstić information content (AvgIpc) is 3.26. The van der Waals surface area contributed by atoms with Crippen LogP contribution in [0, 0.1) is 6.92 Å². The number of hydrogen-bond donors (Lipinski definition) is 1. The molecule has 1 aliphatic rings. The molecule has 0 saturated carbocycles. The predicted octanol–water partition coefficient (Wildman–Crippen LogP) is 1.95. The number of ether oxygens (including phenoxy) is 2. The molecule has 0 radical (unpaired) electrons. The average molecular weight is 423 g/mol. The van der Waals surface area contributed by atoms with Gasteiger partial charge in [-0.15, -0.1) is 10.2 Å². The molecule has 0 spiro atoms. The maximum atomic E-state index is 12.7. The summed E-state index contributed by atoms with van der Waals surface area (Å²) in [5.74, 6) is 1.23. The third-order valence-electron chi connectivity index (χ3n) is 4.98. The van der Waals surface area contributed by atoms with E-state index in [9.17, 15) is 4.79 Å². The lowest BCUT2D eigenvalue weighted by molar-refractivity contribution is 0.00133. The highest BCUT2D eigenvalue weighted by Gasteiger charge is 2.18. The van der Waals surface area contributed by atoms with E-state index in [4.69, 9.17) is 9.47 Å². The van der Waals surface area contributed by atoms with Crippen LogP contribution in [0.15, 0.2) is 30.3 Å². The Labute approximate surface area is 180 Å². The van der Waals surface area contributed by atoms with E-state index in [2.05, 4.69) is 30.7 Å². The van der Waals surface area contributed by atoms with Crippen molar-refractivity contribution in [2.24, 2.45) is 0 Å². The van der Waals surface area contributed by atoms with Crippen molar-refractivity contribution in [2.45, 2.75) is 45.4 Å². The molecule has 10 heteroatoms. The van der Waals surface area contributed by atoms with Gasteiger partial charge in [0.05, 0.1) is 19.8 Å². The van der Waals surface area contributed by atoms with Crippen molar-refractivity contribution in [2.75, 3.05) is 13.7 Å². The lowest BCUT2D eigenvalue weighted by atomic mass is 10.1. The van der Waals surface area contributed by atoms with Gasteiger partial charge in [-0.1, -0.05) is 12.1 Å². The van der Waals surface area contributed by atoms with Crippen LogP contribution in [-0.4, -0.2) is 55.9 Å². The fraction of sp³-hybridized carbons (Fsp3) is 0.429. The first kappa shape index (κ1) is 20.9. The molecule has 0 aliphatic carbocycles. The molecule has 3 aromatic rings. The highest BCUT2D eigenvalue weighted by atomic mass is 16.5. The molecule has 1 saturated heterocycles. The Morgan fingerprint density at radius 1 is 1.29 bits per heavy atom. The number of hydrogen-bond acceptors (Lipinski definition) is 8. The zero-order valence-electron chi connectivity index (χ0n) is 17.6. The number of amides is 1. The third kappa shape index (κ3) is 5.40. The molecule has 1 atom stereocenters. The maximum Gasteiger partial charge on any atom is 0.270 e. The van der Waals surface area contributed by atoms with Crippen molar-refractivity contribution >= 4 is 5.91 Å². The number of rotatable bonds is 7. The minimum atomic E-state index is -0.308. The second kappa shape index (κ2) is 9.61. The number of nitrogens with zero attached hydrogens (tertiary/aromatic N) is 6. The molecule has 1 aliphatic heterocycles. The van der Waals surface area contributed by atoms with E-state index in [1.807, 2.05) is 24.3 Å². The molecule has 1 N–H and O–H groups in total. The molecule has 162 valence electrons. The van der Waals surface area contributed by atoms with Gasteiger partial charge in [0.1, 0.15) is 23.0 Å². The lowest BCUT2D eigenvalue weighted by Gasteiger charge is -2.21. The van der Waals surface area contributed by atoms with E-state index in [0.29, 0.717) is 30.4 Å². The van der Waals surface area contributed by atoms with Gasteiger partial charge < -0.3 is 14.8 Å². The highest BCUT2D eigenvalue weighted by Crippen LogP contribution is 2.16. The van der Waals surface area contributed by atoms with Gasteiger partial charge in [0.2, 0.25) is 5.82 Å². The second-order valence-electron chi connectivity index (χ2n) is 7.38. The van der Waals surface area contributed by atoms with Crippen LogP contribution in [0.25, 0.3) is 11.5 Å². The molecule has 1 fully saturated rings. The van der Waals surface area contributed by atoms with Crippen LogP contribution in [0.4, 0.5) is 0 Å². The Morgan fingerprint density at radius 3 is 3.00 bits per heavy atom. The van der Waals surface area contributed by atoms with Gasteiger partial charge >= 0.3 is 0 Å². The summed E-state index contributed by atoms with van der Waals surface area (Å²) in [6.45, 7) is 3.39. The van der Waals surface area contributed by atoms with Crippen molar-refractivity contribution in [3.8, 4) is 17.3 Å². The van der Waals surface area contributed by atoms with Crippen LogP contribution in [0.2, 0.25) is 0 Å². The summed E-state index contributed by atoms with van der Waals surface area (Å²) in [6, 6.07) is 9.09. The Hall–Kier alpha value is -3.40. The van der Waals surface area contributed by atoms with E-state index in [1.54, 1.807) is 20.1 Å². The Balaban J connectivity index is 1.44. The second-order valence-corrected chi connectivity index (χ2v) is 7.38. The Morgan fingerprint density at radius 2 is 2.19 bits per heavy atom. The number of methoxy groups -OCH3 is 1. The first-order valence-corrected chi connectivity index (χ1v) is 10.3. The van der Waals surface area contributed by atoms with Gasteiger partial charge in [-0.2, -0.15) is 4.80 Å². The van der Waals surface area contributed by atoms with Crippen LogP contribution < -0.4 is 10.1 Å². The number of aryl methyl sites for hydroxylation is 1. The molecule has 31 heavy (non-hydrogen) atoms. The molecule has 0 unspecified atom stereocenters. The normalized spacial score (nSPS) is 16.1. The summed E-state index contributed by atoms with van der Waals surface area (Å²) < 4.78 is 10.9. The number of nitrogens with one attached hydrogen (secondary N) is 1. The van der Waals surface area contributed by atoms with Crippen LogP contribution >= 0.6 is 0 Å². The third-order valence-corrected chi connectivity index (χ3v) is 4.98. The summed E-state index contributed by atoms with van der Waals surface area (Å²) in [5.41, 5.74) is 1.63. The molecule has 0 bridgehead atoms. The Kier molecular flexibility index (Phi) is 6.46. The molecule has 1 aromatic carbocycles. The number of benzene rings is 1.